The van der Waals surface area contributed by atoms with Crippen LogP contribution in [0.5, 0.6) is 0 Å². The fourth-order valence-electron chi connectivity index (χ4n) is 4.80. The second-order valence-electron chi connectivity index (χ2n) is 10.1. The molecule has 196 valence electrons. The molecule has 0 bridgehead atoms. The third-order valence-corrected chi connectivity index (χ3v) is 6.93. The van der Waals surface area contributed by atoms with Gasteiger partial charge < -0.3 is 27.7 Å². The predicted octanol–water partition coefficient (Wildman–Crippen LogP) is 7.28. The molecule has 35 heavy (non-hydrogen) atoms. The quantitative estimate of drug-likeness (QED) is 0.132. The van der Waals surface area contributed by atoms with E-state index in [1.165, 1.54) is 49.7 Å². The summed E-state index contributed by atoms with van der Waals surface area (Å²) < 4.78 is 6.82. The molecule has 0 saturated carbocycles. The fraction of sp³-hybridized carbons (Fsp3) is 0.600. The highest BCUT2D eigenvalue weighted by Gasteiger charge is 2.17. The van der Waals surface area contributed by atoms with Gasteiger partial charge in [0.05, 0.1) is 12.2 Å². The maximum atomic E-state index is 6.82. The van der Waals surface area contributed by atoms with Crippen molar-refractivity contribution in [1.29, 1.82) is 0 Å². The lowest BCUT2D eigenvalue weighted by Gasteiger charge is -2.26. The highest BCUT2D eigenvalue weighted by molar-refractivity contribution is 5.57. The number of anilines is 4. The van der Waals surface area contributed by atoms with E-state index in [-0.39, 0.29) is 0 Å². The van der Waals surface area contributed by atoms with Gasteiger partial charge >= 0.3 is 0 Å². The van der Waals surface area contributed by atoms with Gasteiger partial charge in [-0.2, -0.15) is 0 Å². The van der Waals surface area contributed by atoms with E-state index in [4.69, 9.17) is 27.7 Å². The number of aryl methyl sites for hydroxylation is 2. The number of rotatable bonds is 18. The van der Waals surface area contributed by atoms with Crippen LogP contribution in [0.4, 0.5) is 22.7 Å². The SMILES string of the molecule is CCCCCC(CCCc1ccc(N)cc1N)OC(CCCCC)CCCc1ccc(N)cc1N. The van der Waals surface area contributed by atoms with Crippen LogP contribution in [0.1, 0.15) is 102 Å². The molecule has 0 aliphatic carbocycles. The first kappa shape index (κ1) is 28.8. The first-order chi connectivity index (χ1) is 16.9. The molecule has 0 aliphatic rings. The first-order valence-electron chi connectivity index (χ1n) is 13.9. The molecule has 5 nitrogen and oxygen atoms in total. The van der Waals surface area contributed by atoms with Crippen LogP contribution in [-0.2, 0) is 17.6 Å². The maximum Gasteiger partial charge on any atom is 0.0579 e. The minimum absolute atomic E-state index is 0.310. The van der Waals surface area contributed by atoms with Gasteiger partial charge in [-0.1, -0.05) is 64.5 Å². The Morgan fingerprint density at radius 2 is 0.971 bits per heavy atom. The van der Waals surface area contributed by atoms with Crippen LogP contribution in [0, 0.1) is 0 Å². The molecular formula is C30H50N4O. The highest BCUT2D eigenvalue weighted by atomic mass is 16.5. The van der Waals surface area contributed by atoms with Gasteiger partial charge in [0.15, 0.2) is 0 Å². The van der Waals surface area contributed by atoms with E-state index in [2.05, 4.69) is 26.0 Å². The number of nitrogen functional groups attached to an aromatic ring is 4. The van der Waals surface area contributed by atoms with E-state index < -0.39 is 0 Å². The summed E-state index contributed by atoms with van der Waals surface area (Å²) in [4.78, 5) is 0. The predicted molar refractivity (Wildman–Crippen MR) is 153 cm³/mol. The molecule has 8 N–H and O–H groups in total. The standard InChI is InChI=1S/C30H50N4O/c1-3-5-7-13-27(15-9-11-23-17-19-25(31)21-29(23)33)35-28(14-8-6-4-2)16-10-12-24-18-20-26(32)22-30(24)34/h17-22,27-28H,3-16,31-34H2,1-2H3. The van der Waals surface area contributed by atoms with Gasteiger partial charge in [0, 0.05) is 22.7 Å². The summed E-state index contributed by atoms with van der Waals surface area (Å²) in [6.07, 6.45) is 16.6. The van der Waals surface area contributed by atoms with Crippen molar-refractivity contribution in [2.45, 2.75) is 116 Å². The maximum absolute atomic E-state index is 6.82. The van der Waals surface area contributed by atoms with Crippen LogP contribution in [0.25, 0.3) is 0 Å². The van der Waals surface area contributed by atoms with Gasteiger partial charge in [-0.15, -0.1) is 0 Å². The Morgan fingerprint density at radius 1 is 0.571 bits per heavy atom. The van der Waals surface area contributed by atoms with E-state index in [0.717, 1.165) is 74.1 Å². The number of hydrogen-bond acceptors (Lipinski definition) is 5. The van der Waals surface area contributed by atoms with Crippen molar-refractivity contribution in [2.75, 3.05) is 22.9 Å². The fourth-order valence-corrected chi connectivity index (χ4v) is 4.80. The molecule has 5 heteroatoms. The average molecular weight is 483 g/mol. The molecule has 0 fully saturated rings. The normalized spacial score (nSPS) is 13.1. The topological polar surface area (TPSA) is 113 Å². The number of hydrogen-bond donors (Lipinski definition) is 4. The Labute approximate surface area is 214 Å². The van der Waals surface area contributed by atoms with Crippen molar-refractivity contribution < 1.29 is 4.74 Å². The van der Waals surface area contributed by atoms with Crippen molar-refractivity contribution in [1.82, 2.24) is 0 Å². The van der Waals surface area contributed by atoms with Gasteiger partial charge in [0.1, 0.15) is 0 Å². The summed E-state index contributed by atoms with van der Waals surface area (Å²) in [6.45, 7) is 4.52. The third-order valence-electron chi connectivity index (χ3n) is 6.93. The van der Waals surface area contributed by atoms with Gasteiger partial charge in [0.25, 0.3) is 0 Å². The monoisotopic (exact) mass is 482 g/mol. The largest absolute Gasteiger partial charge is 0.399 e. The molecule has 2 unspecified atom stereocenters. The van der Waals surface area contributed by atoms with Crippen molar-refractivity contribution in [3.05, 3.63) is 47.5 Å². The number of nitrogens with two attached hydrogens (primary N) is 4. The third kappa shape index (κ3) is 11.3. The van der Waals surface area contributed by atoms with Gasteiger partial charge in [-0.3, -0.25) is 0 Å². The lowest BCUT2D eigenvalue weighted by atomic mass is 9.99. The molecule has 0 saturated heterocycles. The summed E-state index contributed by atoms with van der Waals surface area (Å²) in [6, 6.07) is 11.7. The second-order valence-corrected chi connectivity index (χ2v) is 10.1. The van der Waals surface area contributed by atoms with Crippen molar-refractivity contribution in [3.63, 3.8) is 0 Å². The molecule has 0 radical (unpaired) electrons. The zero-order chi connectivity index (χ0) is 25.5. The lowest BCUT2D eigenvalue weighted by Crippen LogP contribution is -2.23. The van der Waals surface area contributed by atoms with E-state index in [1.54, 1.807) is 0 Å². The van der Waals surface area contributed by atoms with Crippen molar-refractivity contribution >= 4 is 22.7 Å². The van der Waals surface area contributed by atoms with Gasteiger partial charge in [0.2, 0.25) is 0 Å². The van der Waals surface area contributed by atoms with E-state index >= 15 is 0 Å². The summed E-state index contributed by atoms with van der Waals surface area (Å²) >= 11 is 0. The smallest absolute Gasteiger partial charge is 0.0579 e. The van der Waals surface area contributed by atoms with Crippen molar-refractivity contribution in [3.8, 4) is 0 Å². The summed E-state index contributed by atoms with van der Waals surface area (Å²) in [5, 5.41) is 0. The molecule has 2 aromatic carbocycles. The molecule has 2 aromatic rings. The van der Waals surface area contributed by atoms with Crippen LogP contribution in [0.15, 0.2) is 36.4 Å². The van der Waals surface area contributed by atoms with E-state index in [9.17, 15) is 0 Å². The Hall–Kier alpha value is -2.40. The number of benzene rings is 2. The lowest BCUT2D eigenvalue weighted by molar-refractivity contribution is -0.0317. The molecular weight excluding hydrogens is 432 g/mol. The van der Waals surface area contributed by atoms with Crippen molar-refractivity contribution in [2.24, 2.45) is 0 Å². The zero-order valence-corrected chi connectivity index (χ0v) is 22.2. The minimum atomic E-state index is 0.310. The zero-order valence-electron chi connectivity index (χ0n) is 22.2. The van der Waals surface area contributed by atoms with Gasteiger partial charge in [-0.25, -0.2) is 0 Å². The second kappa shape index (κ2) is 16.3. The molecule has 0 spiro atoms. The Balaban J connectivity index is 1.94. The molecule has 0 aliphatic heterocycles. The summed E-state index contributed by atoms with van der Waals surface area (Å²) in [5.74, 6) is 0. The van der Waals surface area contributed by atoms with Crippen LogP contribution in [0.3, 0.4) is 0 Å². The molecule has 2 rings (SSSR count). The minimum Gasteiger partial charge on any atom is -0.399 e. The molecule has 0 amide bonds. The highest BCUT2D eigenvalue weighted by Crippen LogP contribution is 2.24. The Bertz CT molecular complexity index is 785. The van der Waals surface area contributed by atoms with Crippen LogP contribution in [0.2, 0.25) is 0 Å². The van der Waals surface area contributed by atoms with Gasteiger partial charge in [-0.05, 0) is 86.8 Å². The average Bonchev–Trinajstić information content (AvgIpc) is 2.81. The van der Waals surface area contributed by atoms with E-state index in [0.29, 0.717) is 12.2 Å². The Morgan fingerprint density at radius 3 is 1.34 bits per heavy atom. The molecule has 0 heterocycles. The molecule has 2 atom stereocenters. The van der Waals surface area contributed by atoms with Crippen LogP contribution in [-0.4, -0.2) is 12.2 Å². The number of unbranched alkanes of at least 4 members (excludes halogenated alkanes) is 4. The first-order valence-corrected chi connectivity index (χ1v) is 13.9. The van der Waals surface area contributed by atoms with Crippen LogP contribution < -0.4 is 22.9 Å². The van der Waals surface area contributed by atoms with E-state index in [1.807, 2.05) is 24.3 Å². The van der Waals surface area contributed by atoms with Crippen LogP contribution >= 0.6 is 0 Å². The summed E-state index contributed by atoms with van der Waals surface area (Å²) in [7, 11) is 0. The molecule has 0 aromatic heterocycles. The number of ether oxygens (including phenoxy) is 1. The summed E-state index contributed by atoms with van der Waals surface area (Å²) in [5.41, 5.74) is 29.5. The Kier molecular flexibility index (Phi) is 13.4.